The molecule has 0 bridgehead atoms. The maximum atomic E-state index is 8.96. The zero-order chi connectivity index (χ0) is 13.3. The van der Waals surface area contributed by atoms with E-state index in [1.807, 2.05) is 0 Å². The number of aliphatic hydroxyl groups excluding tert-OH is 6. The van der Waals surface area contributed by atoms with Crippen molar-refractivity contribution < 1.29 is 45.6 Å². The van der Waals surface area contributed by atoms with Crippen molar-refractivity contribution in [2.45, 2.75) is 24.4 Å². The smallest absolute Gasteiger partial charge is 0.652 e. The van der Waals surface area contributed by atoms with Gasteiger partial charge in [0.1, 0.15) is 24.4 Å². The summed E-state index contributed by atoms with van der Waals surface area (Å²) < 4.78 is 0. The molecule has 0 fully saturated rings. The molecule has 0 aliphatic rings. The van der Waals surface area contributed by atoms with Crippen molar-refractivity contribution in [1.82, 2.24) is 0 Å². The molecule has 17 heavy (non-hydrogen) atoms. The van der Waals surface area contributed by atoms with E-state index in [2.05, 4.69) is 0 Å². The second-order valence-electron chi connectivity index (χ2n) is 2.73. The number of hydrogen-bond donors (Lipinski definition) is 6. The molecule has 4 atom stereocenters. The summed E-state index contributed by atoms with van der Waals surface area (Å²) in [6, 6.07) is 0. The van der Waals surface area contributed by atoms with Gasteiger partial charge in [-0.2, -0.15) is 0 Å². The molecule has 0 amide bonds. The van der Waals surface area contributed by atoms with E-state index in [1.54, 1.807) is 0 Å². The van der Waals surface area contributed by atoms with Crippen molar-refractivity contribution >= 4 is 43.9 Å². The van der Waals surface area contributed by atoms with Crippen LogP contribution in [0.5, 0.6) is 0 Å². The van der Waals surface area contributed by atoms with Crippen LogP contribution in [0.4, 0.5) is 4.79 Å². The molecular formula is C7H14CaO9. The molecule has 0 rings (SSSR count). The number of carboxylic acid groups (broad SMARTS) is 2. The normalized spacial score (nSPS) is 16.6. The van der Waals surface area contributed by atoms with Crippen molar-refractivity contribution in [3.05, 3.63) is 0 Å². The molecule has 0 spiro atoms. The van der Waals surface area contributed by atoms with E-state index in [1.165, 1.54) is 0 Å². The molecule has 0 aromatic heterocycles. The van der Waals surface area contributed by atoms with Gasteiger partial charge in [0, 0.05) is 0 Å². The minimum absolute atomic E-state index is 0. The molecule has 0 aliphatic heterocycles. The van der Waals surface area contributed by atoms with Crippen LogP contribution in [-0.2, 0) is 0 Å². The van der Waals surface area contributed by atoms with E-state index in [-0.39, 0.29) is 37.7 Å². The number of aliphatic hydroxyl groups is 6. The summed E-state index contributed by atoms with van der Waals surface area (Å²) in [7, 11) is 0. The first-order valence-electron chi connectivity index (χ1n) is 4.09. The Morgan fingerprint density at radius 1 is 0.882 bits per heavy atom. The van der Waals surface area contributed by atoms with Crippen LogP contribution in [-0.4, -0.2) is 112 Å². The minimum Gasteiger partial charge on any atom is -0.652 e. The number of carbonyl (C=O) groups excluding carboxylic acids is 1. The van der Waals surface area contributed by atoms with Gasteiger partial charge < -0.3 is 45.6 Å². The molecule has 9 nitrogen and oxygen atoms in total. The third-order valence-corrected chi connectivity index (χ3v) is 1.51. The van der Waals surface area contributed by atoms with Gasteiger partial charge in [-0.25, -0.2) is 0 Å². The summed E-state index contributed by atoms with van der Waals surface area (Å²) in [6.45, 7) is -1.45. The first kappa shape index (κ1) is 22.5. The average molecular weight is 282 g/mol. The minimum atomic E-state index is -2.33. The van der Waals surface area contributed by atoms with Gasteiger partial charge in [0.25, 0.3) is 0 Å². The van der Waals surface area contributed by atoms with Crippen LogP contribution in [0.3, 0.4) is 0 Å². The van der Waals surface area contributed by atoms with Crippen LogP contribution < -0.4 is 10.2 Å². The zero-order valence-corrected chi connectivity index (χ0v) is 11.0. The SMILES string of the molecule is O=C([O-])[O-].OCC(O)C(O)C(O)C(O)CO.[Ca+2]. The topological polar surface area (TPSA) is 185 Å². The molecule has 0 saturated carbocycles. The van der Waals surface area contributed by atoms with Crippen LogP contribution in [0.15, 0.2) is 0 Å². The largest absolute Gasteiger partial charge is 2.00 e. The summed E-state index contributed by atoms with van der Waals surface area (Å²) in [4.78, 5) is 8.33. The van der Waals surface area contributed by atoms with E-state index in [0.29, 0.717) is 0 Å². The fraction of sp³-hybridized carbons (Fsp3) is 0.857. The Morgan fingerprint density at radius 2 is 1.06 bits per heavy atom. The Labute approximate surface area is 127 Å². The predicted octanol–water partition coefficient (Wildman–Crippen LogP) is -6.41. The fourth-order valence-corrected chi connectivity index (χ4v) is 0.671. The molecule has 98 valence electrons. The third-order valence-electron chi connectivity index (χ3n) is 1.51. The van der Waals surface area contributed by atoms with Gasteiger partial charge in [0.05, 0.1) is 13.2 Å². The first-order chi connectivity index (χ1) is 7.27. The maximum absolute atomic E-state index is 8.96. The van der Waals surface area contributed by atoms with Crippen LogP contribution in [0, 0.1) is 0 Å². The molecule has 0 aromatic carbocycles. The molecule has 0 aliphatic carbocycles. The van der Waals surface area contributed by atoms with E-state index >= 15 is 0 Å². The molecule has 0 saturated heterocycles. The van der Waals surface area contributed by atoms with Crippen LogP contribution >= 0.6 is 0 Å². The third kappa shape index (κ3) is 12.5. The Bertz CT molecular complexity index is 172. The van der Waals surface area contributed by atoms with Gasteiger partial charge in [-0.15, -0.1) is 0 Å². The summed E-state index contributed by atoms with van der Waals surface area (Å²) in [5.74, 6) is 0. The Balaban J connectivity index is -0.000000340. The second-order valence-corrected chi connectivity index (χ2v) is 2.73. The van der Waals surface area contributed by atoms with Crippen molar-refractivity contribution in [1.29, 1.82) is 0 Å². The van der Waals surface area contributed by atoms with Crippen molar-refractivity contribution in [3.8, 4) is 0 Å². The van der Waals surface area contributed by atoms with Gasteiger partial charge in [-0.1, -0.05) is 0 Å². The Kier molecular flexibility index (Phi) is 16.8. The Hall–Kier alpha value is 0.290. The number of hydrogen-bond acceptors (Lipinski definition) is 9. The molecule has 0 radical (unpaired) electrons. The molecular weight excluding hydrogens is 268 g/mol. The molecule has 4 unspecified atom stereocenters. The fourth-order valence-electron chi connectivity index (χ4n) is 0.671. The zero-order valence-electron chi connectivity index (χ0n) is 8.84. The van der Waals surface area contributed by atoms with Gasteiger partial charge in [0.15, 0.2) is 0 Å². The van der Waals surface area contributed by atoms with Crippen LogP contribution in [0.1, 0.15) is 0 Å². The summed E-state index contributed by atoms with van der Waals surface area (Å²) in [5, 5.41) is 68.8. The van der Waals surface area contributed by atoms with Gasteiger partial charge >= 0.3 is 37.7 Å². The van der Waals surface area contributed by atoms with Gasteiger partial charge in [0.2, 0.25) is 0 Å². The Morgan fingerprint density at radius 3 is 1.18 bits per heavy atom. The van der Waals surface area contributed by atoms with Crippen molar-refractivity contribution in [2.24, 2.45) is 0 Å². The van der Waals surface area contributed by atoms with Crippen molar-refractivity contribution in [2.75, 3.05) is 13.2 Å². The molecule has 0 heterocycles. The van der Waals surface area contributed by atoms with Crippen LogP contribution in [0.25, 0.3) is 0 Å². The van der Waals surface area contributed by atoms with E-state index < -0.39 is 43.8 Å². The first-order valence-corrected chi connectivity index (χ1v) is 4.09. The average Bonchev–Trinajstić information content (AvgIpc) is 2.24. The van der Waals surface area contributed by atoms with Crippen molar-refractivity contribution in [3.63, 3.8) is 0 Å². The number of rotatable bonds is 5. The van der Waals surface area contributed by atoms with Gasteiger partial charge in [-0.05, 0) is 6.16 Å². The quantitative estimate of drug-likeness (QED) is 0.267. The van der Waals surface area contributed by atoms with E-state index in [9.17, 15) is 0 Å². The van der Waals surface area contributed by atoms with E-state index in [0.717, 1.165) is 0 Å². The summed E-state index contributed by atoms with van der Waals surface area (Å²) >= 11 is 0. The standard InChI is InChI=1S/C6H14O6.CH2O3.Ca/c7-1-3(9)5(11)6(12)4(10)2-8;2-1(3)4;/h3-12H,1-2H2;(H2,2,3,4);/q;;+2/p-2. The van der Waals surface area contributed by atoms with Crippen LogP contribution in [0.2, 0.25) is 0 Å². The van der Waals surface area contributed by atoms with Gasteiger partial charge in [-0.3, -0.25) is 0 Å². The molecule has 10 heteroatoms. The molecule has 6 N–H and O–H groups in total. The second kappa shape index (κ2) is 12.7. The molecule has 0 aromatic rings. The predicted molar refractivity (Wildman–Crippen MR) is 49.3 cm³/mol. The van der Waals surface area contributed by atoms with E-state index in [4.69, 9.17) is 45.6 Å². The summed E-state index contributed by atoms with van der Waals surface area (Å²) in [5.41, 5.74) is 0. The monoisotopic (exact) mass is 282 g/mol. The number of carbonyl (C=O) groups is 1. The summed E-state index contributed by atoms with van der Waals surface area (Å²) in [6.07, 6.45) is -8.73. The maximum Gasteiger partial charge on any atom is 2.00 e.